The molecule has 0 saturated carbocycles. The number of hydrogen-bond acceptors (Lipinski definition) is 4. The van der Waals surface area contributed by atoms with Gasteiger partial charge in [-0.25, -0.2) is 18.1 Å². The summed E-state index contributed by atoms with van der Waals surface area (Å²) in [5, 5.41) is 4.03. The topological polar surface area (TPSA) is 76.4 Å². The number of sulfonamides is 1. The Balaban J connectivity index is 2.88. The molecule has 2 heterocycles. The minimum absolute atomic E-state index is 0.00657. The predicted octanol–water partition coefficient (Wildman–Crippen LogP) is -0.0729. The van der Waals surface area contributed by atoms with Crippen LogP contribution in [-0.4, -0.2) is 30.1 Å². The van der Waals surface area contributed by atoms with Gasteiger partial charge in [0.15, 0.2) is 10.7 Å². The molecule has 0 radical (unpaired) electrons. The molecule has 0 aliphatic rings. The van der Waals surface area contributed by atoms with Crippen molar-refractivity contribution in [2.45, 2.75) is 11.9 Å². The molecule has 7 heteroatoms. The Morgan fingerprint density at radius 2 is 2.18 bits per heavy atom. The van der Waals surface area contributed by atoms with Gasteiger partial charge in [-0.3, -0.25) is 0 Å². The normalized spacial score (nSPS) is 11.6. The smallest absolute Gasteiger partial charge is 0.231 e. The van der Waals surface area contributed by atoms with E-state index < -0.39 is 10.0 Å². The average Bonchev–Trinajstić information content (AvgIpc) is 2.64. The summed E-state index contributed by atoms with van der Waals surface area (Å²) in [6.07, 6.45) is 5.23. The summed E-state index contributed by atoms with van der Waals surface area (Å²) in [6.45, 7) is 1.61. The van der Waals surface area contributed by atoms with Gasteiger partial charge < -0.3 is 0 Å². The van der Waals surface area contributed by atoms with Crippen molar-refractivity contribution in [3.8, 4) is 12.3 Å². The number of terminal acetylenes is 1. The predicted molar refractivity (Wildman–Crippen MR) is 61.9 cm³/mol. The first-order valence-electron chi connectivity index (χ1n) is 4.76. The van der Waals surface area contributed by atoms with Gasteiger partial charge in [0.2, 0.25) is 0 Å². The third-order valence-corrected chi connectivity index (χ3v) is 3.79. The van der Waals surface area contributed by atoms with Gasteiger partial charge in [-0.05, 0) is 32.0 Å². The lowest BCUT2D eigenvalue weighted by atomic mass is 10.4. The molecule has 17 heavy (non-hydrogen) atoms. The second-order valence-electron chi connectivity index (χ2n) is 3.34. The van der Waals surface area contributed by atoms with Gasteiger partial charge in [-0.2, -0.15) is 9.61 Å². The highest BCUT2D eigenvalue weighted by atomic mass is 32.2. The zero-order valence-corrected chi connectivity index (χ0v) is 10.1. The third kappa shape index (κ3) is 1.77. The van der Waals surface area contributed by atoms with Crippen LogP contribution in [0.5, 0.6) is 0 Å². The zero-order chi connectivity index (χ0) is 12.6. The highest BCUT2D eigenvalue weighted by Gasteiger charge is 2.22. The maximum Gasteiger partial charge on any atom is 0.259 e. The second kappa shape index (κ2) is 3.84. The number of rotatable bonds is 2. The Bertz CT molecular complexity index is 725. The number of nitrogens with zero attached hydrogens (tertiary/aromatic N) is 3. The van der Waals surface area contributed by atoms with Crippen LogP contribution in [0, 0.1) is 19.3 Å². The summed E-state index contributed by atoms with van der Waals surface area (Å²) in [7, 11) is -2.29. The van der Waals surface area contributed by atoms with Crippen molar-refractivity contribution < 1.29 is 8.42 Å². The van der Waals surface area contributed by atoms with E-state index in [0.29, 0.717) is 17.0 Å². The fourth-order valence-corrected chi connectivity index (χ4v) is 2.50. The largest absolute Gasteiger partial charge is 0.259 e. The van der Waals surface area contributed by atoms with Crippen LogP contribution in [0.2, 0.25) is 0 Å². The highest BCUT2D eigenvalue weighted by molar-refractivity contribution is 7.89. The summed E-state index contributed by atoms with van der Waals surface area (Å²) in [5.74, 6) is 2.35. The van der Waals surface area contributed by atoms with Gasteiger partial charge in [0.25, 0.3) is 10.0 Å². The van der Waals surface area contributed by atoms with Crippen LogP contribution in [0.25, 0.3) is 5.65 Å². The minimum Gasteiger partial charge on any atom is -0.231 e. The molecule has 88 valence electrons. The first kappa shape index (κ1) is 11.6. The Morgan fingerprint density at radius 1 is 1.47 bits per heavy atom. The Hall–Kier alpha value is -1.91. The van der Waals surface area contributed by atoms with E-state index in [-0.39, 0.29) is 5.03 Å². The molecule has 1 N–H and O–H groups in total. The van der Waals surface area contributed by atoms with Crippen LogP contribution in [-0.2, 0) is 10.0 Å². The van der Waals surface area contributed by atoms with Gasteiger partial charge in [0, 0.05) is 0 Å². The lowest BCUT2D eigenvalue weighted by Gasteiger charge is -2.02. The molecular formula is C10H10N4O2S. The molecule has 0 fully saturated rings. The number of nitrogens with one attached hydrogen (secondary N) is 1. The molecule has 0 aliphatic carbocycles. The summed E-state index contributed by atoms with van der Waals surface area (Å²) >= 11 is 0. The van der Waals surface area contributed by atoms with Crippen LogP contribution >= 0.6 is 0 Å². The molecule has 0 saturated heterocycles. The van der Waals surface area contributed by atoms with E-state index in [2.05, 4.69) is 20.7 Å². The number of aryl methyl sites for hydroxylation is 1. The molecule has 0 unspecified atom stereocenters. The summed E-state index contributed by atoms with van der Waals surface area (Å²) in [6, 6.07) is 3.24. The highest BCUT2D eigenvalue weighted by Crippen LogP contribution is 2.16. The van der Waals surface area contributed by atoms with E-state index >= 15 is 0 Å². The molecule has 6 nitrogen and oxygen atoms in total. The van der Waals surface area contributed by atoms with E-state index in [4.69, 9.17) is 6.42 Å². The molecule has 0 aliphatic heterocycles. The Morgan fingerprint density at radius 3 is 2.76 bits per heavy atom. The molecule has 2 rings (SSSR count). The van der Waals surface area contributed by atoms with E-state index in [1.165, 1.54) is 11.6 Å². The Kier molecular flexibility index (Phi) is 2.61. The third-order valence-electron chi connectivity index (χ3n) is 2.27. The fraction of sp³-hybridized carbons (Fsp3) is 0.200. The molecule has 2 aromatic heterocycles. The monoisotopic (exact) mass is 250 g/mol. The van der Waals surface area contributed by atoms with Crippen LogP contribution in [0.1, 0.15) is 11.4 Å². The molecular weight excluding hydrogens is 240 g/mol. The van der Waals surface area contributed by atoms with Gasteiger partial charge in [-0.1, -0.05) is 0 Å². The van der Waals surface area contributed by atoms with Crippen molar-refractivity contribution in [1.29, 1.82) is 0 Å². The number of imidazole rings is 1. The maximum atomic E-state index is 11.8. The van der Waals surface area contributed by atoms with Crippen molar-refractivity contribution in [1.82, 2.24) is 19.3 Å². The number of aromatic nitrogens is 3. The first-order chi connectivity index (χ1) is 7.99. The SMILES string of the molecule is C#Cc1ccc2nc(C)c(S(=O)(=O)NC)n2n1. The lowest BCUT2D eigenvalue weighted by molar-refractivity contribution is 0.579. The first-order valence-corrected chi connectivity index (χ1v) is 6.24. The quantitative estimate of drug-likeness (QED) is 0.757. The van der Waals surface area contributed by atoms with Crippen molar-refractivity contribution in [2.24, 2.45) is 0 Å². The maximum absolute atomic E-state index is 11.8. The van der Waals surface area contributed by atoms with Crippen molar-refractivity contribution in [2.75, 3.05) is 7.05 Å². The van der Waals surface area contributed by atoms with Crippen LogP contribution < -0.4 is 4.72 Å². The standard InChI is InChI=1S/C10H10N4O2S/c1-4-8-5-6-9-12-7(2)10(14(9)13-8)17(15,16)11-3/h1,5-6,11H,2-3H3. The van der Waals surface area contributed by atoms with Crippen LogP contribution in [0.4, 0.5) is 0 Å². The molecule has 0 amide bonds. The van der Waals surface area contributed by atoms with E-state index in [9.17, 15) is 8.42 Å². The lowest BCUT2D eigenvalue weighted by Crippen LogP contribution is -2.21. The van der Waals surface area contributed by atoms with E-state index in [1.807, 2.05) is 0 Å². The van der Waals surface area contributed by atoms with Crippen molar-refractivity contribution >= 4 is 15.7 Å². The summed E-state index contributed by atoms with van der Waals surface area (Å²) in [4.78, 5) is 4.12. The van der Waals surface area contributed by atoms with Crippen molar-refractivity contribution in [3.63, 3.8) is 0 Å². The molecule has 0 atom stereocenters. The minimum atomic E-state index is -3.62. The van der Waals surface area contributed by atoms with Gasteiger partial charge >= 0.3 is 0 Å². The number of fused-ring (bicyclic) bond motifs is 1. The van der Waals surface area contributed by atoms with Gasteiger partial charge in [0.05, 0.1) is 5.69 Å². The van der Waals surface area contributed by atoms with Crippen molar-refractivity contribution in [3.05, 3.63) is 23.5 Å². The second-order valence-corrected chi connectivity index (χ2v) is 5.14. The summed E-state index contributed by atoms with van der Waals surface area (Å²) < 4.78 is 27.1. The Labute approximate surface area is 98.7 Å². The molecule has 0 spiro atoms. The average molecular weight is 250 g/mol. The van der Waals surface area contributed by atoms with E-state index in [0.717, 1.165) is 0 Å². The van der Waals surface area contributed by atoms with Gasteiger partial charge in [-0.15, -0.1) is 6.42 Å². The molecule has 2 aromatic rings. The fourth-order valence-electron chi connectivity index (χ4n) is 1.51. The molecule has 0 aromatic carbocycles. The molecule has 0 bridgehead atoms. The zero-order valence-electron chi connectivity index (χ0n) is 9.30. The summed E-state index contributed by atoms with van der Waals surface area (Å²) in [5.41, 5.74) is 1.17. The number of hydrogen-bond donors (Lipinski definition) is 1. The van der Waals surface area contributed by atoms with Gasteiger partial charge in [0.1, 0.15) is 5.69 Å². The van der Waals surface area contributed by atoms with E-state index in [1.54, 1.807) is 19.1 Å². The van der Waals surface area contributed by atoms with Crippen LogP contribution in [0.3, 0.4) is 0 Å². The van der Waals surface area contributed by atoms with Crippen LogP contribution in [0.15, 0.2) is 17.2 Å².